The fraction of sp³-hybridized carbons (Fsp3) is 0.583. The van der Waals surface area contributed by atoms with Gasteiger partial charge >= 0.3 is 5.97 Å². The Kier molecular flexibility index (Phi) is 5.93. The predicted octanol–water partition coefficient (Wildman–Crippen LogP) is 2.95. The molecule has 0 N–H and O–H groups in total. The van der Waals surface area contributed by atoms with Crippen LogP contribution in [0, 0.1) is 11.8 Å². The summed E-state index contributed by atoms with van der Waals surface area (Å²) in [6.45, 7) is 9.91. The van der Waals surface area contributed by atoms with Crippen molar-refractivity contribution in [3.8, 4) is 0 Å². The summed E-state index contributed by atoms with van der Waals surface area (Å²) >= 11 is 0. The number of carbonyl (C=O) groups is 1. The van der Waals surface area contributed by atoms with Gasteiger partial charge in [0.1, 0.15) is 0 Å². The summed E-state index contributed by atoms with van der Waals surface area (Å²) in [6.07, 6.45) is 4.43. The molecule has 0 aliphatic carbocycles. The predicted molar refractivity (Wildman–Crippen MR) is 58.9 cm³/mol. The van der Waals surface area contributed by atoms with Gasteiger partial charge in [0.25, 0.3) is 0 Å². The average molecular weight is 196 g/mol. The lowest BCUT2D eigenvalue weighted by Gasteiger charge is -2.15. The van der Waals surface area contributed by atoms with Crippen LogP contribution in [0.1, 0.15) is 27.2 Å². The summed E-state index contributed by atoms with van der Waals surface area (Å²) in [5, 5.41) is 0. The van der Waals surface area contributed by atoms with Crippen LogP contribution in [0.3, 0.4) is 0 Å². The van der Waals surface area contributed by atoms with E-state index in [-0.39, 0.29) is 11.9 Å². The minimum absolute atomic E-state index is 0.157. The maximum atomic E-state index is 11.1. The molecule has 14 heavy (non-hydrogen) atoms. The Bertz CT molecular complexity index is 226. The van der Waals surface area contributed by atoms with Gasteiger partial charge in [-0.2, -0.15) is 0 Å². The standard InChI is InChI=1S/C12H20O2/c1-9(2)6-7-11(10(3)4)8-12(13)14-5/h6-7,10-11H,1,8H2,2-5H3/b7-6+/t11-/m0/s1. The van der Waals surface area contributed by atoms with Crippen molar-refractivity contribution in [2.24, 2.45) is 11.8 Å². The molecule has 0 aliphatic rings. The first kappa shape index (κ1) is 12.9. The zero-order valence-corrected chi connectivity index (χ0v) is 9.54. The van der Waals surface area contributed by atoms with Crippen molar-refractivity contribution in [1.82, 2.24) is 0 Å². The third-order valence-corrected chi connectivity index (χ3v) is 2.11. The van der Waals surface area contributed by atoms with Crippen molar-refractivity contribution >= 4 is 5.97 Å². The Labute approximate surface area is 86.6 Å². The van der Waals surface area contributed by atoms with Crippen LogP contribution in [0.25, 0.3) is 0 Å². The third kappa shape index (κ3) is 5.57. The molecule has 0 saturated heterocycles. The minimum atomic E-state index is -0.157. The zero-order chi connectivity index (χ0) is 11.1. The highest BCUT2D eigenvalue weighted by Crippen LogP contribution is 2.18. The number of hydrogen-bond donors (Lipinski definition) is 0. The number of esters is 1. The second-order valence-electron chi connectivity index (χ2n) is 3.89. The lowest BCUT2D eigenvalue weighted by atomic mass is 9.92. The Morgan fingerprint density at radius 2 is 2.07 bits per heavy atom. The molecule has 1 atom stereocenters. The molecule has 2 nitrogen and oxygen atoms in total. The number of hydrogen-bond acceptors (Lipinski definition) is 2. The molecule has 2 heteroatoms. The normalized spacial score (nSPS) is 13.2. The number of carbonyl (C=O) groups excluding carboxylic acids is 1. The van der Waals surface area contributed by atoms with E-state index in [1.807, 2.05) is 19.1 Å². The third-order valence-electron chi connectivity index (χ3n) is 2.11. The van der Waals surface area contributed by atoms with E-state index in [1.54, 1.807) is 0 Å². The van der Waals surface area contributed by atoms with Crippen LogP contribution in [0.5, 0.6) is 0 Å². The van der Waals surface area contributed by atoms with Crippen LogP contribution in [0.2, 0.25) is 0 Å². The van der Waals surface area contributed by atoms with Gasteiger partial charge in [-0.25, -0.2) is 0 Å². The van der Waals surface area contributed by atoms with Gasteiger partial charge in [-0.3, -0.25) is 4.79 Å². The molecular formula is C12H20O2. The highest BCUT2D eigenvalue weighted by Gasteiger charge is 2.14. The van der Waals surface area contributed by atoms with E-state index < -0.39 is 0 Å². The van der Waals surface area contributed by atoms with Gasteiger partial charge in [0.15, 0.2) is 0 Å². The lowest BCUT2D eigenvalue weighted by Crippen LogP contribution is -2.13. The highest BCUT2D eigenvalue weighted by molar-refractivity contribution is 5.69. The Morgan fingerprint density at radius 1 is 1.50 bits per heavy atom. The van der Waals surface area contributed by atoms with Gasteiger partial charge in [-0.15, -0.1) is 0 Å². The van der Waals surface area contributed by atoms with E-state index >= 15 is 0 Å². The number of methoxy groups -OCH3 is 1. The van der Waals surface area contributed by atoms with E-state index in [0.717, 1.165) is 5.57 Å². The van der Waals surface area contributed by atoms with Crippen LogP contribution in [0.4, 0.5) is 0 Å². The van der Waals surface area contributed by atoms with Crippen molar-refractivity contribution in [2.75, 3.05) is 7.11 Å². The smallest absolute Gasteiger partial charge is 0.306 e. The maximum Gasteiger partial charge on any atom is 0.306 e. The van der Waals surface area contributed by atoms with Gasteiger partial charge in [-0.05, 0) is 18.8 Å². The van der Waals surface area contributed by atoms with Gasteiger partial charge in [-0.1, -0.05) is 38.2 Å². The van der Waals surface area contributed by atoms with Crippen molar-refractivity contribution in [1.29, 1.82) is 0 Å². The largest absolute Gasteiger partial charge is 0.469 e. The molecule has 0 bridgehead atoms. The quantitative estimate of drug-likeness (QED) is 0.499. The summed E-state index contributed by atoms with van der Waals surface area (Å²) < 4.78 is 4.64. The van der Waals surface area contributed by atoms with E-state index in [2.05, 4.69) is 25.2 Å². The molecule has 0 aromatic rings. The second kappa shape index (κ2) is 6.41. The first-order chi connectivity index (χ1) is 6.47. The summed E-state index contributed by atoms with van der Waals surface area (Å²) in [5.74, 6) is 0.513. The summed E-state index contributed by atoms with van der Waals surface area (Å²) in [4.78, 5) is 11.1. The Balaban J connectivity index is 4.30. The first-order valence-electron chi connectivity index (χ1n) is 4.88. The second-order valence-corrected chi connectivity index (χ2v) is 3.89. The van der Waals surface area contributed by atoms with Crippen molar-refractivity contribution in [3.63, 3.8) is 0 Å². The zero-order valence-electron chi connectivity index (χ0n) is 9.54. The van der Waals surface area contributed by atoms with Gasteiger partial charge in [0, 0.05) is 0 Å². The number of rotatable bonds is 5. The average Bonchev–Trinajstić information content (AvgIpc) is 2.10. The molecule has 0 spiro atoms. The van der Waals surface area contributed by atoms with Gasteiger partial charge in [0.2, 0.25) is 0 Å². The van der Waals surface area contributed by atoms with Crippen molar-refractivity contribution < 1.29 is 9.53 Å². The summed E-state index contributed by atoms with van der Waals surface area (Å²) in [5.41, 5.74) is 1.00. The number of ether oxygens (including phenoxy) is 1. The topological polar surface area (TPSA) is 26.3 Å². The van der Waals surface area contributed by atoms with Gasteiger partial charge in [0.05, 0.1) is 13.5 Å². The SMILES string of the molecule is C=C(C)/C=C/[C@@H](CC(=O)OC)C(C)C. The molecule has 80 valence electrons. The Hall–Kier alpha value is -1.05. The monoisotopic (exact) mass is 196 g/mol. The summed E-state index contributed by atoms with van der Waals surface area (Å²) in [7, 11) is 1.42. The van der Waals surface area contributed by atoms with Crippen LogP contribution in [0.15, 0.2) is 24.3 Å². The summed E-state index contributed by atoms with van der Waals surface area (Å²) in [6, 6.07) is 0. The maximum absolute atomic E-state index is 11.1. The fourth-order valence-corrected chi connectivity index (χ4v) is 1.09. The number of allylic oxidation sites excluding steroid dienone is 3. The molecule has 0 fully saturated rings. The van der Waals surface area contributed by atoms with Crippen molar-refractivity contribution in [2.45, 2.75) is 27.2 Å². The molecule has 0 rings (SSSR count). The molecule has 0 aromatic carbocycles. The van der Waals surface area contributed by atoms with E-state index in [0.29, 0.717) is 12.3 Å². The van der Waals surface area contributed by atoms with Crippen LogP contribution >= 0.6 is 0 Å². The molecule has 0 aromatic heterocycles. The molecular weight excluding hydrogens is 176 g/mol. The van der Waals surface area contributed by atoms with Crippen LogP contribution in [-0.4, -0.2) is 13.1 Å². The molecule has 0 unspecified atom stereocenters. The molecule has 0 amide bonds. The molecule has 0 saturated carbocycles. The van der Waals surface area contributed by atoms with Gasteiger partial charge < -0.3 is 4.74 Å². The minimum Gasteiger partial charge on any atom is -0.469 e. The van der Waals surface area contributed by atoms with E-state index in [9.17, 15) is 4.79 Å². The molecule has 0 aliphatic heterocycles. The molecule has 0 radical (unpaired) electrons. The van der Waals surface area contributed by atoms with Crippen molar-refractivity contribution in [3.05, 3.63) is 24.3 Å². The van der Waals surface area contributed by atoms with Crippen LogP contribution in [-0.2, 0) is 9.53 Å². The lowest BCUT2D eigenvalue weighted by molar-refractivity contribution is -0.141. The Morgan fingerprint density at radius 3 is 2.43 bits per heavy atom. The van der Waals surface area contributed by atoms with E-state index in [1.165, 1.54) is 7.11 Å². The van der Waals surface area contributed by atoms with Crippen LogP contribution < -0.4 is 0 Å². The van der Waals surface area contributed by atoms with E-state index in [4.69, 9.17) is 0 Å². The first-order valence-corrected chi connectivity index (χ1v) is 4.88. The fourth-order valence-electron chi connectivity index (χ4n) is 1.09. The molecule has 0 heterocycles. The highest BCUT2D eigenvalue weighted by atomic mass is 16.5.